The summed E-state index contributed by atoms with van der Waals surface area (Å²) in [5.41, 5.74) is 5.92. The second-order valence-electron chi connectivity index (χ2n) is 5.97. The van der Waals surface area contributed by atoms with Gasteiger partial charge in [0.25, 0.3) is 5.91 Å². The molecule has 0 unspecified atom stereocenters. The molecule has 0 radical (unpaired) electrons. The maximum Gasteiger partial charge on any atom is 0.271 e. The molecule has 3 aromatic rings. The minimum absolute atomic E-state index is 0.258. The zero-order valence-electron chi connectivity index (χ0n) is 15.1. The molecule has 0 aromatic heterocycles. The summed E-state index contributed by atoms with van der Waals surface area (Å²) in [7, 11) is 0. The number of benzene rings is 3. The second kappa shape index (κ2) is 10.2. The molecule has 138 valence electrons. The quantitative estimate of drug-likeness (QED) is 0.380. The van der Waals surface area contributed by atoms with E-state index in [4.69, 9.17) is 0 Å². The first-order valence-corrected chi connectivity index (χ1v) is 9.60. The van der Waals surface area contributed by atoms with E-state index in [1.165, 1.54) is 0 Å². The third-order valence-electron chi connectivity index (χ3n) is 3.89. The number of nitrogens with zero attached hydrogens (tertiary/aromatic N) is 1. The number of carbonyl (C=O) groups excluding carboxylic acids is 1. The van der Waals surface area contributed by atoms with Crippen LogP contribution in [0.25, 0.3) is 12.2 Å². The lowest BCUT2D eigenvalue weighted by Gasteiger charge is -2.02. The van der Waals surface area contributed by atoms with Gasteiger partial charge >= 0.3 is 0 Å². The molecule has 1 amide bonds. The minimum Gasteiger partial charge on any atom is -0.267 e. The summed E-state index contributed by atoms with van der Waals surface area (Å²) in [6.07, 6.45) is 7.66. The first-order chi connectivity index (χ1) is 13.7. The summed E-state index contributed by atoms with van der Waals surface area (Å²) in [4.78, 5) is 12.3. The monoisotopic (exact) mass is 430 g/mol. The number of hydrogen-bond acceptors (Lipinski definition) is 2. The summed E-state index contributed by atoms with van der Waals surface area (Å²) >= 11 is 3.36. The molecule has 0 aliphatic heterocycles. The average Bonchev–Trinajstić information content (AvgIpc) is 2.75. The standard InChI is InChI=1S/C24H19BrN2O/c25-22-15-13-21(14-16-22)24(28)27-26-23(17-11-19-7-3-1-4-8-19)18-12-20-9-5-2-6-10-20/h1-18H,(H,27,28). The van der Waals surface area contributed by atoms with Gasteiger partial charge in [-0.05, 0) is 47.5 Å². The van der Waals surface area contributed by atoms with Crippen LogP contribution in [0.5, 0.6) is 0 Å². The van der Waals surface area contributed by atoms with Crippen LogP contribution in [0.15, 0.2) is 107 Å². The van der Waals surface area contributed by atoms with Gasteiger partial charge in [0.1, 0.15) is 0 Å². The van der Waals surface area contributed by atoms with Gasteiger partial charge in [-0.3, -0.25) is 4.79 Å². The van der Waals surface area contributed by atoms with Crippen LogP contribution in [0.1, 0.15) is 21.5 Å². The number of carbonyl (C=O) groups is 1. The summed E-state index contributed by atoms with van der Waals surface area (Å²) in [5.74, 6) is -0.258. The van der Waals surface area contributed by atoms with Crippen molar-refractivity contribution in [3.8, 4) is 0 Å². The van der Waals surface area contributed by atoms with Crippen molar-refractivity contribution in [2.75, 3.05) is 0 Å². The highest BCUT2D eigenvalue weighted by Gasteiger charge is 2.03. The highest BCUT2D eigenvalue weighted by Crippen LogP contribution is 2.10. The maximum atomic E-state index is 12.3. The lowest BCUT2D eigenvalue weighted by Crippen LogP contribution is -2.18. The Balaban J connectivity index is 1.79. The molecule has 0 spiro atoms. The molecule has 0 saturated heterocycles. The molecular weight excluding hydrogens is 412 g/mol. The predicted octanol–water partition coefficient (Wildman–Crippen LogP) is 5.96. The molecular formula is C24H19BrN2O. The van der Waals surface area contributed by atoms with Crippen molar-refractivity contribution in [2.24, 2.45) is 5.10 Å². The number of hydrogen-bond donors (Lipinski definition) is 1. The van der Waals surface area contributed by atoms with Crippen LogP contribution in [0, 0.1) is 0 Å². The van der Waals surface area contributed by atoms with E-state index in [0.717, 1.165) is 15.6 Å². The van der Waals surface area contributed by atoms with E-state index in [1.54, 1.807) is 12.1 Å². The molecule has 3 rings (SSSR count). The van der Waals surface area contributed by atoms with Crippen LogP contribution >= 0.6 is 15.9 Å². The Morgan fingerprint density at radius 3 is 1.75 bits per heavy atom. The smallest absolute Gasteiger partial charge is 0.267 e. The zero-order chi connectivity index (χ0) is 19.6. The third kappa shape index (κ3) is 6.18. The Bertz CT molecular complexity index is 940. The van der Waals surface area contributed by atoms with Crippen LogP contribution in [0.2, 0.25) is 0 Å². The summed E-state index contributed by atoms with van der Waals surface area (Å²) in [5, 5.41) is 4.28. The van der Waals surface area contributed by atoms with E-state index >= 15 is 0 Å². The number of allylic oxidation sites excluding steroid dienone is 2. The summed E-state index contributed by atoms with van der Waals surface area (Å²) < 4.78 is 0.921. The fourth-order valence-corrected chi connectivity index (χ4v) is 2.67. The van der Waals surface area contributed by atoms with Gasteiger partial charge in [-0.15, -0.1) is 0 Å². The number of nitrogens with one attached hydrogen (secondary N) is 1. The average molecular weight is 431 g/mol. The molecule has 28 heavy (non-hydrogen) atoms. The van der Waals surface area contributed by atoms with Gasteiger partial charge in [-0.25, -0.2) is 5.43 Å². The van der Waals surface area contributed by atoms with Crippen LogP contribution < -0.4 is 5.43 Å². The molecule has 0 bridgehead atoms. The van der Waals surface area contributed by atoms with Crippen molar-refractivity contribution in [1.82, 2.24) is 5.43 Å². The molecule has 0 atom stereocenters. The summed E-state index contributed by atoms with van der Waals surface area (Å²) in [6, 6.07) is 27.0. The van der Waals surface area contributed by atoms with Crippen LogP contribution in [0.3, 0.4) is 0 Å². The van der Waals surface area contributed by atoms with Gasteiger partial charge in [0.05, 0.1) is 5.71 Å². The lowest BCUT2D eigenvalue weighted by atomic mass is 10.1. The molecule has 0 heterocycles. The van der Waals surface area contributed by atoms with Crippen molar-refractivity contribution in [3.63, 3.8) is 0 Å². The van der Waals surface area contributed by atoms with E-state index in [9.17, 15) is 4.79 Å². The molecule has 3 nitrogen and oxygen atoms in total. The third-order valence-corrected chi connectivity index (χ3v) is 4.41. The Morgan fingerprint density at radius 1 is 0.750 bits per heavy atom. The minimum atomic E-state index is -0.258. The lowest BCUT2D eigenvalue weighted by molar-refractivity contribution is 0.0955. The molecule has 4 heteroatoms. The first-order valence-electron chi connectivity index (χ1n) is 8.80. The largest absolute Gasteiger partial charge is 0.271 e. The number of hydrazone groups is 1. The van der Waals surface area contributed by atoms with Crippen LogP contribution in [0.4, 0.5) is 0 Å². The van der Waals surface area contributed by atoms with E-state index in [-0.39, 0.29) is 5.91 Å². The van der Waals surface area contributed by atoms with Crippen molar-refractivity contribution in [2.45, 2.75) is 0 Å². The number of amides is 1. The Morgan fingerprint density at radius 2 is 1.25 bits per heavy atom. The molecule has 0 aliphatic rings. The normalized spacial score (nSPS) is 10.9. The van der Waals surface area contributed by atoms with E-state index in [0.29, 0.717) is 11.3 Å². The first kappa shape index (κ1) is 19.5. The Hall–Kier alpha value is -3.24. The van der Waals surface area contributed by atoms with Crippen LogP contribution in [-0.4, -0.2) is 11.6 Å². The molecule has 3 aromatic carbocycles. The molecule has 0 saturated carbocycles. The van der Waals surface area contributed by atoms with Crippen molar-refractivity contribution >= 4 is 39.7 Å². The van der Waals surface area contributed by atoms with Crippen molar-refractivity contribution < 1.29 is 4.79 Å². The number of rotatable bonds is 6. The highest BCUT2D eigenvalue weighted by molar-refractivity contribution is 9.10. The van der Waals surface area contributed by atoms with Gasteiger partial charge in [0.15, 0.2) is 0 Å². The van der Waals surface area contributed by atoms with Crippen molar-refractivity contribution in [1.29, 1.82) is 0 Å². The predicted molar refractivity (Wildman–Crippen MR) is 120 cm³/mol. The van der Waals surface area contributed by atoms with Crippen LogP contribution in [-0.2, 0) is 0 Å². The van der Waals surface area contributed by atoms with E-state index in [2.05, 4.69) is 26.5 Å². The van der Waals surface area contributed by atoms with Gasteiger partial charge in [-0.2, -0.15) is 5.10 Å². The second-order valence-corrected chi connectivity index (χ2v) is 6.89. The van der Waals surface area contributed by atoms with Gasteiger partial charge in [0.2, 0.25) is 0 Å². The maximum absolute atomic E-state index is 12.3. The topological polar surface area (TPSA) is 41.5 Å². The SMILES string of the molecule is O=C(NN=C(C=Cc1ccccc1)C=Cc1ccccc1)c1ccc(Br)cc1. The molecule has 0 aliphatic carbocycles. The van der Waals surface area contributed by atoms with Gasteiger partial charge in [-0.1, -0.05) is 88.7 Å². The van der Waals surface area contributed by atoms with E-state index < -0.39 is 0 Å². The van der Waals surface area contributed by atoms with Gasteiger partial charge in [0, 0.05) is 10.0 Å². The Labute approximate surface area is 173 Å². The Kier molecular flexibility index (Phi) is 7.10. The fraction of sp³-hybridized carbons (Fsp3) is 0. The van der Waals surface area contributed by atoms with Gasteiger partial charge < -0.3 is 0 Å². The van der Waals surface area contributed by atoms with E-state index in [1.807, 2.05) is 97.1 Å². The fourth-order valence-electron chi connectivity index (χ4n) is 2.40. The zero-order valence-corrected chi connectivity index (χ0v) is 16.7. The molecule has 0 fully saturated rings. The highest BCUT2D eigenvalue weighted by atomic mass is 79.9. The van der Waals surface area contributed by atoms with Crippen molar-refractivity contribution in [3.05, 3.63) is 118 Å². The summed E-state index contributed by atoms with van der Waals surface area (Å²) in [6.45, 7) is 0. The molecule has 1 N–H and O–H groups in total. The number of halogens is 1.